The zero-order valence-corrected chi connectivity index (χ0v) is 15.7. The molecule has 0 aromatic rings. The van der Waals surface area contributed by atoms with Crippen LogP contribution in [0.15, 0.2) is 96.1 Å². The van der Waals surface area contributed by atoms with Crippen LogP contribution in [0, 0.1) is 0 Å². The second kappa shape index (κ2) is 47.6. The number of Topliss-reactive ketones (excluding diaryl/α,β-unsaturated/α-hetero) is 1. The van der Waals surface area contributed by atoms with Gasteiger partial charge in [0.05, 0.1) is 0 Å². The van der Waals surface area contributed by atoms with Crippen molar-refractivity contribution in [3.8, 4) is 0 Å². The fourth-order valence-corrected chi connectivity index (χ4v) is 1.11. The zero-order chi connectivity index (χ0) is 20.2. The average Bonchev–Trinajstić information content (AvgIpc) is 2.60. The molecule has 0 amide bonds. The Morgan fingerprint density at radius 2 is 0.971 bits per heavy atom. The van der Waals surface area contributed by atoms with Gasteiger partial charge >= 0.3 is 0 Å². The number of hydrogen-bond acceptors (Lipinski definition) is 4. The number of allylic oxidation sites excluding steroid dienone is 15. The topological polar surface area (TPSA) is 80.3 Å². The molecule has 0 aromatic heterocycles. The molecule has 204 valence electrons. The molecule has 4 heteroatoms. The highest BCUT2D eigenvalue weighted by Crippen LogP contribution is 1.99. The Morgan fingerprint density at radius 1 is 0.588 bits per heavy atom. The van der Waals surface area contributed by atoms with E-state index < -0.39 is 0 Å². The van der Waals surface area contributed by atoms with Crippen molar-refractivity contribution in [1.29, 1.82) is 0 Å². The van der Waals surface area contributed by atoms with Crippen LogP contribution >= 0.6 is 0 Å². The lowest BCUT2D eigenvalue weighted by Crippen LogP contribution is -1.99. The van der Waals surface area contributed by atoms with E-state index in [4.69, 9.17) is 0 Å². The number of rotatable bonds is 8. The lowest BCUT2D eigenvalue weighted by atomic mass is 10.2. The quantitative estimate of drug-likeness (QED) is 0.151. The summed E-state index contributed by atoms with van der Waals surface area (Å²) in [5.41, 5.74) is 1.43. The van der Waals surface area contributed by atoms with Crippen LogP contribution in [0.1, 0.15) is 87.1 Å². The maximum Gasteiger partial charge on any atom is 0.155 e. The third-order valence-electron chi connectivity index (χ3n) is 2.85. The summed E-state index contributed by atoms with van der Waals surface area (Å²) in [5.74, 6) is 0.130. The highest BCUT2D eigenvalue weighted by Gasteiger charge is 1.90. The normalized spacial score (nSPS) is 10.6. The monoisotopic (exact) mass is 482 g/mol. The Hall–Kier alpha value is -3.14. The Labute approximate surface area is 215 Å². The van der Waals surface area contributed by atoms with Crippen LogP contribution in [0.2, 0.25) is 0 Å². The second-order valence-corrected chi connectivity index (χ2v) is 5.01. The van der Waals surface area contributed by atoms with Gasteiger partial charge in [-0.05, 0) is 32.4 Å². The van der Waals surface area contributed by atoms with Crippen LogP contribution in [0.4, 0.5) is 0 Å². The molecule has 0 aliphatic rings. The molecule has 0 aliphatic carbocycles. The summed E-state index contributed by atoms with van der Waals surface area (Å²) < 4.78 is 0. The molecule has 0 bridgehead atoms. The SMILES string of the molecule is C.C.C.C.C.C.C.C.CC(=O)/C(C)=C\C=CC=C/C(C)=C(/C)[O-].O=C/C=C\C=CC=C/C=C\[O-]. The number of hydrogen-bond donors (Lipinski definition) is 0. The first-order valence-electron chi connectivity index (χ1n) is 7.96. The third kappa shape index (κ3) is 51.5. The Kier molecular flexibility index (Phi) is 88.5. The van der Waals surface area contributed by atoms with Gasteiger partial charge in [0.2, 0.25) is 0 Å². The number of carbonyl (C=O) groups is 2. The van der Waals surface area contributed by atoms with Crippen molar-refractivity contribution in [3.05, 3.63) is 96.1 Å². The first kappa shape index (κ1) is 63.2. The van der Waals surface area contributed by atoms with E-state index in [-0.39, 0.29) is 71.0 Å². The van der Waals surface area contributed by atoms with E-state index in [0.29, 0.717) is 23.7 Å². The minimum atomic E-state index is 0. The van der Waals surface area contributed by atoms with E-state index >= 15 is 0 Å². The summed E-state index contributed by atoms with van der Waals surface area (Å²) >= 11 is 0. The van der Waals surface area contributed by atoms with Gasteiger partial charge in [0, 0.05) is 0 Å². The molecule has 0 fully saturated rings. The van der Waals surface area contributed by atoms with Crippen LogP contribution in [0.25, 0.3) is 0 Å². The van der Waals surface area contributed by atoms with E-state index in [2.05, 4.69) is 0 Å². The van der Waals surface area contributed by atoms with Crippen molar-refractivity contribution in [3.63, 3.8) is 0 Å². The summed E-state index contributed by atoms with van der Waals surface area (Å²) in [6.07, 6.45) is 21.3. The molecule has 0 atom stereocenters. The Morgan fingerprint density at radius 3 is 1.32 bits per heavy atom. The molecule has 0 aromatic carbocycles. The molecule has 0 N–H and O–H groups in total. The Bertz CT molecular complexity index is 649. The maximum atomic E-state index is 10.8. The molecular formula is C30H58O4-2. The molecule has 0 heterocycles. The Balaban J connectivity index is -0.0000000351. The number of carbonyl (C=O) groups excluding carboxylic acids is 2. The average molecular weight is 483 g/mol. The number of aldehydes is 1. The smallest absolute Gasteiger partial charge is 0.155 e. The lowest BCUT2D eigenvalue weighted by Gasteiger charge is -2.05. The highest BCUT2D eigenvalue weighted by molar-refractivity contribution is 5.92. The standard InChI is InChI=1S/C13H18O2.C9H10O2.8CH4/c1-10(12(3)14)8-6-5-7-9-11(2)13(4)15;10-8-6-4-2-1-3-5-7-9-11;;;;;;;;/h5-9,14H,1-4H3;1-10H;8*1H4/p-2/b7-5?,8-6?,11-9-,12-10-;3-1?,4-2?,7-5-,8-6-;;;;;;;;. The predicted molar refractivity (Wildman–Crippen MR) is 158 cm³/mol. The van der Waals surface area contributed by atoms with Crippen LogP contribution in [0.3, 0.4) is 0 Å². The summed E-state index contributed by atoms with van der Waals surface area (Å²) in [6, 6.07) is 0. The van der Waals surface area contributed by atoms with Crippen molar-refractivity contribution in [1.82, 2.24) is 0 Å². The van der Waals surface area contributed by atoms with Gasteiger partial charge in [-0.25, -0.2) is 0 Å². The van der Waals surface area contributed by atoms with Gasteiger partial charge in [0.25, 0.3) is 0 Å². The van der Waals surface area contributed by atoms with E-state index in [9.17, 15) is 19.8 Å². The molecule has 0 saturated heterocycles. The molecule has 0 rings (SSSR count). The number of ketones is 1. The predicted octanol–water partition coefficient (Wildman–Crippen LogP) is 8.11. The molecule has 0 aliphatic heterocycles. The van der Waals surface area contributed by atoms with Crippen molar-refractivity contribution >= 4 is 12.1 Å². The van der Waals surface area contributed by atoms with Crippen LogP contribution < -0.4 is 10.2 Å². The van der Waals surface area contributed by atoms with Gasteiger partial charge in [-0.3, -0.25) is 9.59 Å². The first-order valence-corrected chi connectivity index (χ1v) is 7.96. The van der Waals surface area contributed by atoms with Crippen LogP contribution in [0.5, 0.6) is 0 Å². The zero-order valence-electron chi connectivity index (χ0n) is 15.7. The van der Waals surface area contributed by atoms with E-state index in [0.717, 1.165) is 0 Å². The largest absolute Gasteiger partial charge is 0.878 e. The summed E-state index contributed by atoms with van der Waals surface area (Å²) in [4.78, 5) is 20.6. The molecule has 0 spiro atoms. The van der Waals surface area contributed by atoms with Crippen LogP contribution in [-0.4, -0.2) is 12.1 Å². The van der Waals surface area contributed by atoms with E-state index in [1.54, 1.807) is 74.6 Å². The second-order valence-electron chi connectivity index (χ2n) is 5.01. The molecule has 0 radical (unpaired) electrons. The van der Waals surface area contributed by atoms with Gasteiger partial charge in [-0.2, -0.15) is 0 Å². The highest BCUT2D eigenvalue weighted by atomic mass is 16.3. The van der Waals surface area contributed by atoms with Gasteiger partial charge in [0.1, 0.15) is 6.29 Å². The van der Waals surface area contributed by atoms with Gasteiger partial charge < -0.3 is 10.2 Å². The maximum absolute atomic E-state index is 10.8. The van der Waals surface area contributed by atoms with Gasteiger partial charge in [0.15, 0.2) is 5.78 Å². The summed E-state index contributed by atoms with van der Waals surface area (Å²) in [5, 5.41) is 20.6. The molecular weight excluding hydrogens is 424 g/mol. The fraction of sp³-hybridized carbons (Fsp3) is 0.400. The van der Waals surface area contributed by atoms with E-state index in [1.165, 1.54) is 26.0 Å². The minimum Gasteiger partial charge on any atom is -0.878 e. The molecule has 0 unspecified atom stereocenters. The van der Waals surface area contributed by atoms with Crippen LogP contribution in [-0.2, 0) is 9.59 Å². The van der Waals surface area contributed by atoms with Gasteiger partial charge in [-0.15, -0.1) is 12.0 Å². The summed E-state index contributed by atoms with van der Waals surface area (Å²) in [7, 11) is 0. The summed E-state index contributed by atoms with van der Waals surface area (Å²) in [6.45, 7) is 6.60. The van der Waals surface area contributed by atoms with Crippen molar-refractivity contribution in [2.75, 3.05) is 0 Å². The molecule has 34 heavy (non-hydrogen) atoms. The molecule has 4 nitrogen and oxygen atoms in total. The van der Waals surface area contributed by atoms with Crippen molar-refractivity contribution in [2.45, 2.75) is 87.1 Å². The van der Waals surface area contributed by atoms with Gasteiger partial charge in [-0.1, -0.05) is 139 Å². The lowest BCUT2D eigenvalue weighted by molar-refractivity contribution is -0.303. The minimum absolute atomic E-state index is 0. The van der Waals surface area contributed by atoms with E-state index in [1.807, 2.05) is 0 Å². The fourth-order valence-electron chi connectivity index (χ4n) is 1.11. The first-order chi connectivity index (χ1) is 12.4. The van der Waals surface area contributed by atoms with Crippen molar-refractivity contribution < 1.29 is 19.8 Å². The van der Waals surface area contributed by atoms with Crippen molar-refractivity contribution in [2.24, 2.45) is 0 Å². The molecule has 0 saturated carbocycles. The third-order valence-corrected chi connectivity index (χ3v) is 2.85.